The molecule has 1 aromatic heterocycles. The summed E-state index contributed by atoms with van der Waals surface area (Å²) >= 11 is 0. The molecule has 0 aliphatic carbocycles. The van der Waals surface area contributed by atoms with Crippen LogP contribution in [0.1, 0.15) is 28.9 Å². The first-order chi connectivity index (χ1) is 5.83. The van der Waals surface area contributed by atoms with E-state index in [0.717, 1.165) is 37.8 Å². The average Bonchev–Trinajstić information content (AvgIpc) is 2.40. The molecule has 0 bridgehead atoms. The van der Waals surface area contributed by atoms with Gasteiger partial charge in [0.15, 0.2) is 12.1 Å². The first-order valence-electron chi connectivity index (χ1n) is 4.13. The van der Waals surface area contributed by atoms with Gasteiger partial charge in [0.1, 0.15) is 0 Å². The maximum Gasteiger partial charge on any atom is 0.156 e. The Balaban J connectivity index is 2.53. The van der Waals surface area contributed by atoms with Crippen molar-refractivity contribution in [2.24, 2.45) is 0 Å². The van der Waals surface area contributed by atoms with Crippen LogP contribution in [0, 0.1) is 0 Å². The zero-order chi connectivity index (χ0) is 8.55. The lowest BCUT2D eigenvalue weighted by atomic mass is 10.1. The van der Waals surface area contributed by atoms with Crippen LogP contribution in [-0.4, -0.2) is 16.1 Å². The van der Waals surface area contributed by atoms with Gasteiger partial charge in [-0.2, -0.15) is 5.10 Å². The van der Waals surface area contributed by atoms with Gasteiger partial charge in [-0.15, -0.1) is 0 Å². The Morgan fingerprint density at radius 2 is 2.33 bits per heavy atom. The molecule has 12 heavy (non-hydrogen) atoms. The van der Waals surface area contributed by atoms with Crippen LogP contribution in [0.5, 0.6) is 0 Å². The Morgan fingerprint density at radius 1 is 1.50 bits per heavy atom. The molecule has 0 atom stereocenters. The van der Waals surface area contributed by atoms with Crippen molar-refractivity contribution in [1.29, 1.82) is 0 Å². The van der Waals surface area contributed by atoms with Gasteiger partial charge in [-0.1, -0.05) is 0 Å². The molecular formula is C8H11N3O. The average molecular weight is 165 g/mol. The largest absolute Gasteiger partial charge is 0.382 e. The molecule has 0 radical (unpaired) electrons. The minimum Gasteiger partial charge on any atom is -0.382 e. The normalized spacial score (nSPS) is 15.7. The number of nitrogen functional groups attached to an aromatic ring is 1. The van der Waals surface area contributed by atoms with Crippen molar-refractivity contribution in [2.45, 2.75) is 25.8 Å². The molecule has 0 aromatic carbocycles. The second-order valence-corrected chi connectivity index (χ2v) is 3.04. The van der Waals surface area contributed by atoms with E-state index >= 15 is 0 Å². The third kappa shape index (κ3) is 0.913. The first-order valence-corrected chi connectivity index (χ1v) is 4.13. The van der Waals surface area contributed by atoms with E-state index in [2.05, 4.69) is 5.10 Å². The highest BCUT2D eigenvalue weighted by atomic mass is 16.1. The minimum absolute atomic E-state index is 0.377. The molecule has 1 aromatic rings. The molecular weight excluding hydrogens is 154 g/mol. The first kappa shape index (κ1) is 7.34. The number of fused-ring (bicyclic) bond motifs is 1. The molecule has 1 aliphatic rings. The molecule has 0 spiro atoms. The Kier molecular flexibility index (Phi) is 1.60. The van der Waals surface area contributed by atoms with Gasteiger partial charge in [0.2, 0.25) is 0 Å². The summed E-state index contributed by atoms with van der Waals surface area (Å²) in [7, 11) is 0. The predicted octanol–water partition coefficient (Wildman–Crippen LogP) is 0.614. The lowest BCUT2D eigenvalue weighted by Gasteiger charge is -2.12. The zero-order valence-corrected chi connectivity index (χ0v) is 6.79. The fourth-order valence-electron chi connectivity index (χ4n) is 1.66. The minimum atomic E-state index is 0.377. The third-order valence-electron chi connectivity index (χ3n) is 2.28. The van der Waals surface area contributed by atoms with Gasteiger partial charge in [0.25, 0.3) is 0 Å². The molecule has 64 valence electrons. The van der Waals surface area contributed by atoms with Gasteiger partial charge in [0.05, 0.1) is 11.3 Å². The fraction of sp³-hybridized carbons (Fsp3) is 0.500. The number of rotatable bonds is 1. The van der Waals surface area contributed by atoms with E-state index in [1.54, 1.807) is 0 Å². The van der Waals surface area contributed by atoms with E-state index in [1.165, 1.54) is 0 Å². The maximum absolute atomic E-state index is 10.6. The van der Waals surface area contributed by atoms with E-state index < -0.39 is 0 Å². The number of aryl methyl sites for hydroxylation is 1. The van der Waals surface area contributed by atoms with E-state index in [0.29, 0.717) is 11.4 Å². The van der Waals surface area contributed by atoms with E-state index in [9.17, 15) is 4.79 Å². The van der Waals surface area contributed by atoms with Crippen molar-refractivity contribution in [3.05, 3.63) is 11.3 Å². The number of hydrogen-bond donors (Lipinski definition) is 1. The second kappa shape index (κ2) is 2.62. The third-order valence-corrected chi connectivity index (χ3v) is 2.28. The molecule has 1 aliphatic heterocycles. The van der Waals surface area contributed by atoms with E-state index in [4.69, 9.17) is 5.73 Å². The Morgan fingerprint density at radius 3 is 3.08 bits per heavy atom. The fourth-order valence-corrected chi connectivity index (χ4v) is 1.66. The lowest BCUT2D eigenvalue weighted by molar-refractivity contribution is 0.112. The Bertz CT molecular complexity index is 316. The zero-order valence-electron chi connectivity index (χ0n) is 6.79. The van der Waals surface area contributed by atoms with Crippen molar-refractivity contribution in [2.75, 3.05) is 5.73 Å². The highest BCUT2D eigenvalue weighted by Gasteiger charge is 2.17. The monoisotopic (exact) mass is 165 g/mol. The topological polar surface area (TPSA) is 60.9 Å². The molecule has 2 rings (SSSR count). The van der Waals surface area contributed by atoms with Crippen LogP contribution in [-0.2, 0) is 13.0 Å². The van der Waals surface area contributed by atoms with Crippen molar-refractivity contribution in [3.63, 3.8) is 0 Å². The highest BCUT2D eigenvalue weighted by molar-refractivity contribution is 5.83. The van der Waals surface area contributed by atoms with Crippen molar-refractivity contribution >= 4 is 12.1 Å². The Labute approximate surface area is 70.4 Å². The van der Waals surface area contributed by atoms with Crippen molar-refractivity contribution < 1.29 is 4.79 Å². The van der Waals surface area contributed by atoms with Crippen LogP contribution in [0.15, 0.2) is 0 Å². The Hall–Kier alpha value is -1.32. The number of hydrogen-bond acceptors (Lipinski definition) is 3. The molecule has 0 unspecified atom stereocenters. The van der Waals surface area contributed by atoms with Crippen LogP contribution in [0.25, 0.3) is 0 Å². The SMILES string of the molecule is Nc1nn2c(c1C=O)CCCC2. The standard InChI is InChI=1S/C8H11N3O/c9-8-6(5-12)7-3-1-2-4-11(7)10-8/h5H,1-4H2,(H2,9,10). The summed E-state index contributed by atoms with van der Waals surface area (Å²) in [4.78, 5) is 10.6. The smallest absolute Gasteiger partial charge is 0.156 e. The highest BCUT2D eigenvalue weighted by Crippen LogP contribution is 2.20. The quantitative estimate of drug-likeness (QED) is 0.620. The van der Waals surface area contributed by atoms with Gasteiger partial charge in [-0.05, 0) is 19.3 Å². The van der Waals surface area contributed by atoms with Crippen molar-refractivity contribution in [1.82, 2.24) is 9.78 Å². The van der Waals surface area contributed by atoms with Gasteiger partial charge in [-0.25, -0.2) is 0 Å². The molecule has 0 saturated carbocycles. The molecule has 2 N–H and O–H groups in total. The van der Waals surface area contributed by atoms with Crippen LogP contribution < -0.4 is 5.73 Å². The van der Waals surface area contributed by atoms with Crippen LogP contribution in [0.3, 0.4) is 0 Å². The number of nitrogens with two attached hydrogens (primary N) is 1. The molecule has 0 amide bonds. The predicted molar refractivity (Wildman–Crippen MR) is 45.0 cm³/mol. The number of carbonyl (C=O) groups is 1. The number of aromatic nitrogens is 2. The summed E-state index contributed by atoms with van der Waals surface area (Å²) < 4.78 is 1.85. The van der Waals surface area contributed by atoms with E-state index in [1.807, 2.05) is 4.68 Å². The summed E-state index contributed by atoms with van der Waals surface area (Å²) in [5, 5.41) is 4.09. The van der Waals surface area contributed by atoms with Crippen LogP contribution in [0.4, 0.5) is 5.82 Å². The van der Waals surface area contributed by atoms with Gasteiger partial charge >= 0.3 is 0 Å². The number of anilines is 1. The summed E-state index contributed by atoms with van der Waals surface area (Å²) in [5.74, 6) is 0.377. The van der Waals surface area contributed by atoms with E-state index in [-0.39, 0.29) is 0 Å². The molecule has 0 fully saturated rings. The van der Waals surface area contributed by atoms with Gasteiger partial charge < -0.3 is 5.73 Å². The van der Waals surface area contributed by atoms with Crippen LogP contribution >= 0.6 is 0 Å². The summed E-state index contributed by atoms with van der Waals surface area (Å²) in [5.41, 5.74) is 7.17. The number of nitrogens with zero attached hydrogens (tertiary/aromatic N) is 2. The molecule has 2 heterocycles. The maximum atomic E-state index is 10.6. The number of aldehydes is 1. The molecule has 4 heteroatoms. The van der Waals surface area contributed by atoms with Gasteiger partial charge in [0, 0.05) is 6.54 Å². The van der Waals surface area contributed by atoms with Crippen molar-refractivity contribution in [3.8, 4) is 0 Å². The van der Waals surface area contributed by atoms with Crippen LogP contribution in [0.2, 0.25) is 0 Å². The lowest BCUT2D eigenvalue weighted by Crippen LogP contribution is -2.11. The summed E-state index contributed by atoms with van der Waals surface area (Å²) in [6, 6.07) is 0. The van der Waals surface area contributed by atoms with Gasteiger partial charge in [-0.3, -0.25) is 9.48 Å². The molecule has 0 saturated heterocycles. The second-order valence-electron chi connectivity index (χ2n) is 3.04. The summed E-state index contributed by atoms with van der Waals surface area (Å²) in [6.07, 6.45) is 4.00. The number of carbonyl (C=O) groups excluding carboxylic acids is 1. The molecule has 4 nitrogen and oxygen atoms in total. The summed E-state index contributed by atoms with van der Waals surface area (Å²) in [6.45, 7) is 0.896.